The molecule has 4 rings (SSSR count). The number of fused-ring (bicyclic) bond motifs is 1. The van der Waals surface area contributed by atoms with Crippen molar-refractivity contribution in [1.82, 2.24) is 9.80 Å². The van der Waals surface area contributed by atoms with Crippen LogP contribution in [0.15, 0.2) is 102 Å². The molecule has 6 nitrogen and oxygen atoms in total. The molecule has 2 unspecified atom stereocenters. The highest BCUT2D eigenvalue weighted by molar-refractivity contribution is 6.13. The van der Waals surface area contributed by atoms with Gasteiger partial charge in [-0.1, -0.05) is 49.1 Å². The highest BCUT2D eigenvalue weighted by Gasteiger charge is 2.29. The first-order valence-electron chi connectivity index (χ1n) is 13.6. The molecule has 7 heteroatoms. The smallest absolute Gasteiger partial charge is 0.303 e. The van der Waals surface area contributed by atoms with E-state index >= 15 is 0 Å². The molecule has 39 heavy (non-hydrogen) atoms. The fourth-order valence-corrected chi connectivity index (χ4v) is 5.10. The first kappa shape index (κ1) is 28.0. The summed E-state index contributed by atoms with van der Waals surface area (Å²) in [6.07, 6.45) is 20.6. The topological polar surface area (TPSA) is 73.2 Å². The second-order valence-corrected chi connectivity index (χ2v) is 9.97. The molecule has 204 valence electrons. The zero-order valence-corrected chi connectivity index (χ0v) is 22.2. The zero-order chi connectivity index (χ0) is 27.6. The third-order valence-corrected chi connectivity index (χ3v) is 7.14. The summed E-state index contributed by atoms with van der Waals surface area (Å²) in [5.41, 5.74) is 3.33. The molecule has 0 spiro atoms. The normalized spacial score (nSPS) is 21.3. The van der Waals surface area contributed by atoms with Gasteiger partial charge in [0.05, 0.1) is 11.8 Å². The summed E-state index contributed by atoms with van der Waals surface area (Å²) < 4.78 is 13.6. The predicted molar refractivity (Wildman–Crippen MR) is 153 cm³/mol. The van der Waals surface area contributed by atoms with E-state index in [9.17, 15) is 14.0 Å². The number of allylic oxidation sites excluding steroid dienone is 5. The number of halogens is 1. The number of carboxylic acid groups (broad SMARTS) is 1. The van der Waals surface area contributed by atoms with Crippen LogP contribution in [-0.4, -0.2) is 64.7 Å². The lowest BCUT2D eigenvalue weighted by Gasteiger charge is -2.29. The van der Waals surface area contributed by atoms with Crippen LogP contribution in [0.25, 0.3) is 0 Å². The van der Waals surface area contributed by atoms with E-state index < -0.39 is 5.97 Å². The van der Waals surface area contributed by atoms with Crippen molar-refractivity contribution in [2.45, 2.75) is 38.1 Å². The minimum atomic E-state index is -0.805. The Balaban J connectivity index is 1.47. The van der Waals surface area contributed by atoms with Gasteiger partial charge in [0.1, 0.15) is 5.82 Å². The predicted octanol–water partition coefficient (Wildman–Crippen LogP) is 5.47. The first-order valence-corrected chi connectivity index (χ1v) is 13.6. The summed E-state index contributed by atoms with van der Waals surface area (Å²) >= 11 is 0. The van der Waals surface area contributed by atoms with Crippen molar-refractivity contribution >= 4 is 17.6 Å². The van der Waals surface area contributed by atoms with Crippen LogP contribution in [0.4, 0.5) is 4.39 Å². The highest BCUT2D eigenvalue weighted by Crippen LogP contribution is 2.32. The number of carbonyl (C=O) groups excluding carboxylic acids is 1. The number of unbranched alkanes of at least 4 members (excludes halogenated alkanes) is 1. The molecule has 0 radical (unpaired) electrons. The number of rotatable bonds is 10. The van der Waals surface area contributed by atoms with Crippen molar-refractivity contribution < 1.29 is 19.1 Å². The molecule has 1 saturated heterocycles. The number of nitrogens with zero attached hydrogens (tertiary/aromatic N) is 3. The fourth-order valence-electron chi connectivity index (χ4n) is 5.10. The monoisotopic (exact) mass is 529 g/mol. The molecular weight excluding hydrogens is 493 g/mol. The molecule has 0 bridgehead atoms. The highest BCUT2D eigenvalue weighted by atomic mass is 19.1. The second-order valence-electron chi connectivity index (χ2n) is 9.97. The summed E-state index contributed by atoms with van der Waals surface area (Å²) in [5, 5.41) is 9.00. The molecule has 1 aliphatic carbocycles. The number of carboxylic acids is 1. The van der Waals surface area contributed by atoms with E-state index in [0.29, 0.717) is 37.9 Å². The molecule has 0 aromatic heterocycles. The van der Waals surface area contributed by atoms with Crippen LogP contribution < -0.4 is 0 Å². The van der Waals surface area contributed by atoms with Crippen LogP contribution in [0.2, 0.25) is 0 Å². The van der Waals surface area contributed by atoms with Gasteiger partial charge < -0.3 is 14.9 Å². The van der Waals surface area contributed by atoms with Gasteiger partial charge in [0.15, 0.2) is 0 Å². The summed E-state index contributed by atoms with van der Waals surface area (Å²) in [6, 6.07) is 6.16. The number of aliphatic imine (C=N–C) groups is 1. The average molecular weight is 530 g/mol. The van der Waals surface area contributed by atoms with Crippen LogP contribution in [0.1, 0.15) is 37.7 Å². The minimum Gasteiger partial charge on any atom is -0.481 e. The summed E-state index contributed by atoms with van der Waals surface area (Å²) in [7, 11) is 0. The molecule has 1 N–H and O–H groups in total. The number of dihydropyridines is 1. The van der Waals surface area contributed by atoms with Crippen molar-refractivity contribution in [3.63, 3.8) is 0 Å². The third-order valence-electron chi connectivity index (χ3n) is 7.14. The fraction of sp³-hybridized carbons (Fsp3) is 0.344. The van der Waals surface area contributed by atoms with Crippen LogP contribution in [0.3, 0.4) is 0 Å². The van der Waals surface area contributed by atoms with Crippen LogP contribution in [0, 0.1) is 11.7 Å². The minimum absolute atomic E-state index is 0.0341. The van der Waals surface area contributed by atoms with Gasteiger partial charge in [0.2, 0.25) is 0 Å². The lowest BCUT2D eigenvalue weighted by molar-refractivity contribution is -0.137. The van der Waals surface area contributed by atoms with E-state index in [4.69, 9.17) is 10.1 Å². The standard InChI is InChI=1S/C32H36FN3O3/c1-2-3-4-7-17-35-18-8-19-36(21-20-35)32(39)26-13-16-29-27(23-26)22-25(9-5-6-10-30(37)38)31(34-29)24-11-14-28(33)15-12-24/h2-4,7,11-17,22-23,27,29H,1,5-6,8-10,18-21H2,(H,37,38)/b4-3-,17-7+. The summed E-state index contributed by atoms with van der Waals surface area (Å²) in [5.74, 6) is -1.14. The Hall–Kier alpha value is -4.00. The van der Waals surface area contributed by atoms with Gasteiger partial charge in [0.25, 0.3) is 5.91 Å². The van der Waals surface area contributed by atoms with Gasteiger partial charge >= 0.3 is 5.97 Å². The first-order chi connectivity index (χ1) is 18.9. The molecule has 3 aliphatic rings. The molecule has 2 atom stereocenters. The van der Waals surface area contributed by atoms with Crippen molar-refractivity contribution in [3.05, 3.63) is 108 Å². The number of benzene rings is 1. The van der Waals surface area contributed by atoms with E-state index in [-0.39, 0.29) is 30.1 Å². The molecular formula is C32H36FN3O3. The third kappa shape index (κ3) is 7.76. The molecule has 1 aromatic rings. The largest absolute Gasteiger partial charge is 0.481 e. The van der Waals surface area contributed by atoms with E-state index in [0.717, 1.165) is 36.4 Å². The number of aliphatic carboxylic acids is 1. The Morgan fingerprint density at radius 3 is 2.64 bits per heavy atom. The number of amides is 1. The maximum atomic E-state index is 13.6. The van der Waals surface area contributed by atoms with Crippen LogP contribution in [0.5, 0.6) is 0 Å². The average Bonchev–Trinajstić information content (AvgIpc) is 3.18. The van der Waals surface area contributed by atoms with Crippen LogP contribution in [-0.2, 0) is 9.59 Å². The van der Waals surface area contributed by atoms with E-state index in [1.165, 1.54) is 12.1 Å². The van der Waals surface area contributed by atoms with Crippen molar-refractivity contribution in [2.75, 3.05) is 26.2 Å². The lowest BCUT2D eigenvalue weighted by atomic mass is 9.83. The molecule has 2 heterocycles. The van der Waals surface area contributed by atoms with Crippen molar-refractivity contribution in [1.29, 1.82) is 0 Å². The van der Waals surface area contributed by atoms with Gasteiger partial charge in [0, 0.05) is 49.7 Å². The quantitative estimate of drug-likeness (QED) is 0.322. The lowest BCUT2D eigenvalue weighted by Crippen LogP contribution is -2.36. The summed E-state index contributed by atoms with van der Waals surface area (Å²) in [4.78, 5) is 33.6. The van der Waals surface area contributed by atoms with Gasteiger partial charge in [-0.15, -0.1) is 0 Å². The van der Waals surface area contributed by atoms with Crippen molar-refractivity contribution in [3.8, 4) is 0 Å². The number of hydrogen-bond acceptors (Lipinski definition) is 4. The number of hydrogen-bond donors (Lipinski definition) is 1. The maximum absolute atomic E-state index is 13.6. The van der Waals surface area contributed by atoms with E-state index in [1.54, 1.807) is 18.2 Å². The SMILES string of the molecule is C=C/C=C\C=C\N1CCCN(C(=O)C2=CC3C=C(CCCCC(=O)O)C(c4ccc(F)cc4)=NC3C=C2)CC1. The van der Waals surface area contributed by atoms with Gasteiger partial charge in [-0.2, -0.15) is 0 Å². The maximum Gasteiger partial charge on any atom is 0.303 e. The van der Waals surface area contributed by atoms with Crippen molar-refractivity contribution in [2.24, 2.45) is 10.9 Å². The number of carbonyl (C=O) groups is 2. The molecule has 1 aromatic carbocycles. The molecule has 2 aliphatic heterocycles. The Kier molecular flexibility index (Phi) is 9.84. The molecule has 1 amide bonds. The Morgan fingerprint density at radius 1 is 1.05 bits per heavy atom. The van der Waals surface area contributed by atoms with Gasteiger partial charge in [-0.05, 0) is 67.8 Å². The zero-order valence-electron chi connectivity index (χ0n) is 22.2. The Morgan fingerprint density at radius 2 is 1.87 bits per heavy atom. The molecule has 0 saturated carbocycles. The second kappa shape index (κ2) is 13.7. The Bertz CT molecular complexity index is 1240. The summed E-state index contributed by atoms with van der Waals surface area (Å²) in [6.45, 7) is 6.72. The Labute approximate surface area is 229 Å². The molecule has 1 fully saturated rings. The van der Waals surface area contributed by atoms with E-state index in [2.05, 4.69) is 23.8 Å². The van der Waals surface area contributed by atoms with Gasteiger partial charge in [-0.25, -0.2) is 4.39 Å². The van der Waals surface area contributed by atoms with E-state index in [1.807, 2.05) is 41.4 Å². The van der Waals surface area contributed by atoms with Gasteiger partial charge in [-0.3, -0.25) is 14.6 Å². The van der Waals surface area contributed by atoms with Crippen LogP contribution >= 0.6 is 0 Å².